The molecule has 0 radical (unpaired) electrons. The van der Waals surface area contributed by atoms with E-state index in [1.54, 1.807) is 0 Å². The average Bonchev–Trinajstić information content (AvgIpc) is 2.40. The highest BCUT2D eigenvalue weighted by Crippen LogP contribution is 2.27. The van der Waals surface area contributed by atoms with Crippen molar-refractivity contribution < 1.29 is 4.79 Å². The van der Waals surface area contributed by atoms with Crippen molar-refractivity contribution in [3.8, 4) is 0 Å². The lowest BCUT2D eigenvalue weighted by molar-refractivity contribution is 0.0942. The summed E-state index contributed by atoms with van der Waals surface area (Å²) in [4.78, 5) is 12.1. The zero-order valence-electron chi connectivity index (χ0n) is 9.25. The van der Waals surface area contributed by atoms with Gasteiger partial charge in [0.2, 0.25) is 0 Å². The number of carbonyl (C=O) groups is 1. The first-order valence-electron chi connectivity index (χ1n) is 5.46. The van der Waals surface area contributed by atoms with Crippen molar-refractivity contribution in [3.63, 3.8) is 0 Å². The largest absolute Gasteiger partial charge is 0.294 e. The zero-order valence-corrected chi connectivity index (χ0v) is 10.1. The molecule has 1 aliphatic heterocycles. The molecule has 1 nitrogen and oxygen atoms in total. The fourth-order valence-corrected chi connectivity index (χ4v) is 2.98. The molecule has 1 aromatic carbocycles. The lowest BCUT2D eigenvalue weighted by Crippen LogP contribution is -2.13. The van der Waals surface area contributed by atoms with Crippen molar-refractivity contribution in [3.05, 3.63) is 34.9 Å². The van der Waals surface area contributed by atoms with Gasteiger partial charge in [-0.2, -0.15) is 11.8 Å². The van der Waals surface area contributed by atoms with E-state index in [9.17, 15) is 4.79 Å². The second-order valence-electron chi connectivity index (χ2n) is 4.13. The van der Waals surface area contributed by atoms with Crippen LogP contribution in [0.5, 0.6) is 0 Å². The molecular weight excluding hydrogens is 204 g/mol. The van der Waals surface area contributed by atoms with Gasteiger partial charge >= 0.3 is 0 Å². The summed E-state index contributed by atoms with van der Waals surface area (Å²) in [6.45, 7) is 4.16. The van der Waals surface area contributed by atoms with Gasteiger partial charge in [-0.25, -0.2) is 0 Å². The third-order valence-corrected chi connectivity index (χ3v) is 4.17. The molecule has 0 aromatic heterocycles. The quantitative estimate of drug-likeness (QED) is 0.722. The fraction of sp³-hybridized carbons (Fsp3) is 0.462. The highest BCUT2D eigenvalue weighted by molar-refractivity contribution is 7.98. The molecule has 1 atom stereocenters. The molecule has 2 rings (SSSR count). The van der Waals surface area contributed by atoms with Crippen molar-refractivity contribution in [2.24, 2.45) is 5.92 Å². The monoisotopic (exact) mass is 220 g/mol. The van der Waals surface area contributed by atoms with E-state index in [-0.39, 0.29) is 5.92 Å². The van der Waals surface area contributed by atoms with Crippen LogP contribution in [0.4, 0.5) is 0 Å². The molecule has 1 aromatic rings. The topological polar surface area (TPSA) is 17.1 Å². The van der Waals surface area contributed by atoms with Gasteiger partial charge in [-0.05, 0) is 23.6 Å². The summed E-state index contributed by atoms with van der Waals surface area (Å²) in [6, 6.07) is 6.35. The van der Waals surface area contributed by atoms with E-state index < -0.39 is 0 Å². The Kier molecular flexibility index (Phi) is 3.15. The highest BCUT2D eigenvalue weighted by Gasteiger charge is 2.22. The summed E-state index contributed by atoms with van der Waals surface area (Å²) in [5.41, 5.74) is 3.44. The van der Waals surface area contributed by atoms with E-state index in [1.165, 1.54) is 11.1 Å². The molecule has 0 spiro atoms. The van der Waals surface area contributed by atoms with Crippen LogP contribution in [0.2, 0.25) is 0 Å². The van der Waals surface area contributed by atoms with Gasteiger partial charge in [0.25, 0.3) is 0 Å². The van der Waals surface area contributed by atoms with E-state index in [2.05, 4.69) is 25.1 Å². The van der Waals surface area contributed by atoms with E-state index >= 15 is 0 Å². The van der Waals surface area contributed by atoms with Crippen molar-refractivity contribution in [1.29, 1.82) is 0 Å². The van der Waals surface area contributed by atoms with Gasteiger partial charge in [0.15, 0.2) is 5.78 Å². The lowest BCUT2D eigenvalue weighted by atomic mass is 9.95. The number of benzene rings is 1. The summed E-state index contributed by atoms with van der Waals surface area (Å²) in [5.74, 6) is 2.43. The fourth-order valence-electron chi connectivity index (χ4n) is 1.89. The summed E-state index contributed by atoms with van der Waals surface area (Å²) in [7, 11) is 0. The maximum atomic E-state index is 12.1. The van der Waals surface area contributed by atoms with Gasteiger partial charge in [-0.3, -0.25) is 4.79 Å². The number of rotatable bonds is 1. The predicted octanol–water partition coefficient (Wildman–Crippen LogP) is 3.31. The van der Waals surface area contributed by atoms with E-state index in [4.69, 9.17) is 0 Å². The van der Waals surface area contributed by atoms with Gasteiger partial charge in [0.1, 0.15) is 0 Å². The van der Waals surface area contributed by atoms with Gasteiger partial charge in [-0.1, -0.05) is 26.0 Å². The molecular formula is C13H16OS. The third-order valence-electron chi connectivity index (χ3n) is 2.92. The Morgan fingerprint density at radius 1 is 1.47 bits per heavy atom. The Bertz CT molecular complexity index is 384. The highest BCUT2D eigenvalue weighted by atomic mass is 32.2. The molecule has 1 heterocycles. The van der Waals surface area contributed by atoms with Crippen molar-refractivity contribution in [2.45, 2.75) is 26.0 Å². The molecule has 0 aliphatic carbocycles. The third kappa shape index (κ3) is 2.10. The standard InChI is InChI=1S/C13H16OS/c1-3-10-4-5-11-8-15-7-9(2)13(14)12(11)6-10/h4-6,9H,3,7-8H2,1-2H3. The van der Waals surface area contributed by atoms with E-state index in [0.717, 1.165) is 23.5 Å². The minimum atomic E-state index is 0.170. The number of thioether (sulfide) groups is 1. The van der Waals surface area contributed by atoms with Gasteiger partial charge in [-0.15, -0.1) is 0 Å². The Morgan fingerprint density at radius 2 is 2.27 bits per heavy atom. The van der Waals surface area contributed by atoms with E-state index in [1.807, 2.05) is 18.7 Å². The Hall–Kier alpha value is -0.760. The van der Waals surface area contributed by atoms with Crippen LogP contribution in [-0.2, 0) is 12.2 Å². The molecule has 2 heteroatoms. The SMILES string of the molecule is CCc1ccc2c(c1)C(=O)C(C)CSC2. The van der Waals surface area contributed by atoms with Crippen molar-refractivity contribution in [2.75, 3.05) is 5.75 Å². The number of hydrogen-bond acceptors (Lipinski definition) is 2. The Morgan fingerprint density at radius 3 is 3.00 bits per heavy atom. The molecule has 1 aliphatic rings. The normalized spacial score (nSPS) is 20.9. The summed E-state index contributed by atoms with van der Waals surface area (Å²) >= 11 is 1.86. The van der Waals surface area contributed by atoms with Crippen LogP contribution in [0.25, 0.3) is 0 Å². The summed E-state index contributed by atoms with van der Waals surface area (Å²) in [6.07, 6.45) is 1.00. The molecule has 0 fully saturated rings. The van der Waals surface area contributed by atoms with Crippen LogP contribution in [0.3, 0.4) is 0 Å². The molecule has 15 heavy (non-hydrogen) atoms. The maximum absolute atomic E-state index is 12.1. The number of ketones is 1. The van der Waals surface area contributed by atoms with Crippen LogP contribution >= 0.6 is 11.8 Å². The first-order valence-corrected chi connectivity index (χ1v) is 6.61. The van der Waals surface area contributed by atoms with Crippen LogP contribution in [0, 0.1) is 5.92 Å². The van der Waals surface area contributed by atoms with Crippen molar-refractivity contribution in [1.82, 2.24) is 0 Å². The summed E-state index contributed by atoms with van der Waals surface area (Å²) < 4.78 is 0. The smallest absolute Gasteiger partial charge is 0.166 e. The second kappa shape index (κ2) is 4.40. The second-order valence-corrected chi connectivity index (χ2v) is 5.16. The Balaban J connectivity index is 2.46. The van der Waals surface area contributed by atoms with Gasteiger partial charge < -0.3 is 0 Å². The number of aryl methyl sites for hydroxylation is 1. The van der Waals surface area contributed by atoms with Crippen LogP contribution < -0.4 is 0 Å². The first-order chi connectivity index (χ1) is 7.22. The molecule has 1 unspecified atom stereocenters. The van der Waals surface area contributed by atoms with Gasteiger partial charge in [0.05, 0.1) is 0 Å². The van der Waals surface area contributed by atoms with Gasteiger partial charge in [0, 0.05) is 23.0 Å². The number of fused-ring (bicyclic) bond motifs is 1. The molecule has 0 saturated carbocycles. The minimum absolute atomic E-state index is 0.170. The zero-order chi connectivity index (χ0) is 10.8. The summed E-state index contributed by atoms with van der Waals surface area (Å²) in [5, 5.41) is 0. The minimum Gasteiger partial charge on any atom is -0.294 e. The molecule has 0 amide bonds. The molecule has 0 bridgehead atoms. The lowest BCUT2D eigenvalue weighted by Gasteiger charge is -2.08. The van der Waals surface area contributed by atoms with Crippen LogP contribution in [-0.4, -0.2) is 11.5 Å². The van der Waals surface area contributed by atoms with Crippen LogP contribution in [0.1, 0.15) is 35.3 Å². The van der Waals surface area contributed by atoms with Crippen LogP contribution in [0.15, 0.2) is 18.2 Å². The molecule has 0 N–H and O–H groups in total. The molecule has 0 saturated heterocycles. The number of hydrogen-bond donors (Lipinski definition) is 0. The van der Waals surface area contributed by atoms with Crippen molar-refractivity contribution >= 4 is 17.5 Å². The number of carbonyl (C=O) groups excluding carboxylic acids is 1. The van der Waals surface area contributed by atoms with E-state index in [0.29, 0.717) is 5.78 Å². The maximum Gasteiger partial charge on any atom is 0.166 e. The predicted molar refractivity (Wildman–Crippen MR) is 65.5 cm³/mol. The average molecular weight is 220 g/mol. The molecule has 80 valence electrons. The Labute approximate surface area is 95.3 Å². The first kappa shape index (κ1) is 10.7. The number of Topliss-reactive ketones (excluding diaryl/α,β-unsaturated/α-hetero) is 1.